The number of benzene rings is 4. The van der Waals surface area contributed by atoms with Crippen LogP contribution >= 0.6 is 0 Å². The largest absolute Gasteiger partial charge is 0.504 e. The van der Waals surface area contributed by atoms with Gasteiger partial charge in [0.2, 0.25) is 0 Å². The Morgan fingerprint density at radius 2 is 1.49 bits per heavy atom. The molecule has 4 rings (SSSR count). The lowest BCUT2D eigenvalue weighted by atomic mass is 9.96. The molecule has 0 spiro atoms. The van der Waals surface area contributed by atoms with Crippen molar-refractivity contribution in [2.24, 2.45) is 0 Å². The zero-order valence-electron chi connectivity index (χ0n) is 20.2. The van der Waals surface area contributed by atoms with E-state index in [9.17, 15) is 9.50 Å². The van der Waals surface area contributed by atoms with Crippen LogP contribution in [-0.2, 0) is 6.61 Å². The standard InChI is InChI=1S/C29H28FNO4/c1-31(2)22-13-10-20(11-14-22)23-17-26(33-3)27(28(32)29(23)34-4)21-12-15-25(24(30)16-21)35-18-19-8-6-5-7-9-19/h5-17,32H,18H2,1-4H3. The Labute approximate surface area is 204 Å². The summed E-state index contributed by atoms with van der Waals surface area (Å²) in [5, 5.41) is 11.2. The highest BCUT2D eigenvalue weighted by Gasteiger charge is 2.22. The monoisotopic (exact) mass is 473 g/mol. The first-order valence-corrected chi connectivity index (χ1v) is 11.1. The molecule has 0 atom stereocenters. The van der Waals surface area contributed by atoms with Gasteiger partial charge in [0.1, 0.15) is 12.4 Å². The molecule has 4 aromatic rings. The molecule has 0 aliphatic rings. The molecule has 0 amide bonds. The van der Waals surface area contributed by atoms with Gasteiger partial charge in [-0.05, 0) is 47.0 Å². The summed E-state index contributed by atoms with van der Waals surface area (Å²) in [7, 11) is 6.94. The van der Waals surface area contributed by atoms with Gasteiger partial charge in [0, 0.05) is 25.3 Å². The van der Waals surface area contributed by atoms with Crippen LogP contribution in [0.4, 0.5) is 10.1 Å². The normalized spacial score (nSPS) is 10.7. The predicted molar refractivity (Wildman–Crippen MR) is 137 cm³/mol. The number of rotatable bonds is 8. The van der Waals surface area contributed by atoms with Gasteiger partial charge in [0.05, 0.1) is 19.8 Å². The van der Waals surface area contributed by atoms with E-state index >= 15 is 0 Å². The summed E-state index contributed by atoms with van der Waals surface area (Å²) in [6.07, 6.45) is 0. The second-order valence-electron chi connectivity index (χ2n) is 8.24. The number of halogens is 1. The van der Waals surface area contributed by atoms with Gasteiger partial charge in [-0.1, -0.05) is 48.5 Å². The van der Waals surface area contributed by atoms with Gasteiger partial charge in [-0.2, -0.15) is 0 Å². The van der Waals surface area contributed by atoms with Crippen molar-refractivity contribution in [1.29, 1.82) is 0 Å². The molecule has 0 unspecified atom stereocenters. The summed E-state index contributed by atoms with van der Waals surface area (Å²) in [5.74, 6) is 0.134. The Balaban J connectivity index is 1.71. The van der Waals surface area contributed by atoms with Gasteiger partial charge in [0.15, 0.2) is 23.1 Å². The van der Waals surface area contributed by atoms with Gasteiger partial charge in [-0.3, -0.25) is 0 Å². The number of ether oxygens (including phenoxy) is 3. The van der Waals surface area contributed by atoms with Crippen molar-refractivity contribution in [3.05, 3.63) is 90.2 Å². The second-order valence-corrected chi connectivity index (χ2v) is 8.24. The Morgan fingerprint density at radius 1 is 0.800 bits per heavy atom. The quantitative estimate of drug-likeness (QED) is 0.315. The molecule has 0 radical (unpaired) electrons. The van der Waals surface area contributed by atoms with Crippen LogP contribution in [-0.4, -0.2) is 33.4 Å². The maximum absolute atomic E-state index is 15.0. The highest BCUT2D eigenvalue weighted by molar-refractivity contribution is 5.87. The summed E-state index contributed by atoms with van der Waals surface area (Å²) < 4.78 is 31.8. The molecule has 0 fully saturated rings. The minimum absolute atomic E-state index is 0.126. The van der Waals surface area contributed by atoms with E-state index in [1.807, 2.05) is 73.6 Å². The topological polar surface area (TPSA) is 51.2 Å². The number of anilines is 1. The third-order valence-electron chi connectivity index (χ3n) is 5.79. The van der Waals surface area contributed by atoms with Gasteiger partial charge in [0.25, 0.3) is 0 Å². The first-order valence-electron chi connectivity index (χ1n) is 11.1. The fourth-order valence-electron chi connectivity index (χ4n) is 3.94. The van der Waals surface area contributed by atoms with E-state index in [0.717, 1.165) is 16.8 Å². The Hall–Kier alpha value is -4.19. The summed E-state index contributed by atoms with van der Waals surface area (Å²) >= 11 is 0. The SMILES string of the molecule is COc1cc(-c2ccc(N(C)C)cc2)c(OC)c(O)c1-c1ccc(OCc2ccccc2)c(F)c1. The predicted octanol–water partition coefficient (Wildman–Crippen LogP) is 6.53. The van der Waals surface area contributed by atoms with Gasteiger partial charge in [-0.15, -0.1) is 0 Å². The van der Waals surface area contributed by atoms with Crippen LogP contribution in [0.1, 0.15) is 5.56 Å². The number of aromatic hydroxyl groups is 1. The van der Waals surface area contributed by atoms with Crippen LogP contribution in [0, 0.1) is 5.82 Å². The van der Waals surface area contributed by atoms with Crippen LogP contribution < -0.4 is 19.1 Å². The van der Waals surface area contributed by atoms with E-state index in [-0.39, 0.29) is 23.9 Å². The summed E-state index contributed by atoms with van der Waals surface area (Å²) in [5.41, 5.74) is 4.28. The minimum Gasteiger partial charge on any atom is -0.504 e. The van der Waals surface area contributed by atoms with E-state index < -0.39 is 5.82 Å². The molecule has 0 saturated carbocycles. The molecule has 35 heavy (non-hydrogen) atoms. The van der Waals surface area contributed by atoms with Crippen LogP contribution in [0.5, 0.6) is 23.0 Å². The van der Waals surface area contributed by atoms with Crippen molar-refractivity contribution < 1.29 is 23.7 Å². The molecule has 0 aromatic heterocycles. The van der Waals surface area contributed by atoms with Crippen LogP contribution in [0.25, 0.3) is 22.3 Å². The first kappa shape index (κ1) is 24.0. The zero-order valence-corrected chi connectivity index (χ0v) is 20.2. The molecule has 0 aliphatic carbocycles. The number of nitrogens with zero attached hydrogens (tertiary/aromatic N) is 1. The van der Waals surface area contributed by atoms with Crippen molar-refractivity contribution >= 4 is 5.69 Å². The summed E-state index contributed by atoms with van der Waals surface area (Å²) in [6.45, 7) is 0.251. The van der Waals surface area contributed by atoms with Crippen molar-refractivity contribution in [2.45, 2.75) is 6.61 Å². The third-order valence-corrected chi connectivity index (χ3v) is 5.79. The molecule has 6 heteroatoms. The minimum atomic E-state index is -0.540. The lowest BCUT2D eigenvalue weighted by Gasteiger charge is -2.19. The summed E-state index contributed by atoms with van der Waals surface area (Å²) in [4.78, 5) is 2.00. The maximum Gasteiger partial charge on any atom is 0.170 e. The molecule has 180 valence electrons. The van der Waals surface area contributed by atoms with Gasteiger partial charge in [-0.25, -0.2) is 4.39 Å². The van der Waals surface area contributed by atoms with Crippen molar-refractivity contribution in [3.63, 3.8) is 0 Å². The number of hydrogen-bond acceptors (Lipinski definition) is 5. The third kappa shape index (κ3) is 5.01. The summed E-state index contributed by atoms with van der Waals surface area (Å²) in [6, 6.07) is 23.8. The fourth-order valence-corrected chi connectivity index (χ4v) is 3.94. The zero-order chi connectivity index (χ0) is 24.9. The fraction of sp³-hybridized carbons (Fsp3) is 0.172. The molecule has 0 heterocycles. The van der Waals surface area contributed by atoms with E-state index in [4.69, 9.17) is 14.2 Å². The molecule has 4 aromatic carbocycles. The Bertz CT molecular complexity index is 1300. The van der Waals surface area contributed by atoms with Gasteiger partial charge >= 0.3 is 0 Å². The number of hydrogen-bond donors (Lipinski definition) is 1. The number of methoxy groups -OCH3 is 2. The number of phenolic OH excluding ortho intramolecular Hbond substituents is 1. The van der Waals surface area contributed by atoms with E-state index in [1.165, 1.54) is 20.3 Å². The molecule has 0 bridgehead atoms. The maximum atomic E-state index is 15.0. The molecule has 0 saturated heterocycles. The smallest absolute Gasteiger partial charge is 0.170 e. The first-order chi connectivity index (χ1) is 16.9. The molecule has 1 N–H and O–H groups in total. The van der Waals surface area contributed by atoms with Crippen LogP contribution in [0.2, 0.25) is 0 Å². The Morgan fingerprint density at radius 3 is 2.09 bits per heavy atom. The van der Waals surface area contributed by atoms with Gasteiger partial charge < -0.3 is 24.2 Å². The molecule has 5 nitrogen and oxygen atoms in total. The average molecular weight is 474 g/mol. The van der Waals surface area contributed by atoms with Crippen LogP contribution in [0.3, 0.4) is 0 Å². The molecular weight excluding hydrogens is 445 g/mol. The van der Waals surface area contributed by atoms with E-state index in [1.54, 1.807) is 18.2 Å². The highest BCUT2D eigenvalue weighted by atomic mass is 19.1. The lowest BCUT2D eigenvalue weighted by Crippen LogP contribution is -2.07. The molecular formula is C29H28FNO4. The molecule has 0 aliphatic heterocycles. The lowest BCUT2D eigenvalue weighted by molar-refractivity contribution is 0.290. The van der Waals surface area contributed by atoms with E-state index in [2.05, 4.69) is 0 Å². The van der Waals surface area contributed by atoms with Crippen molar-refractivity contribution in [1.82, 2.24) is 0 Å². The highest BCUT2D eigenvalue weighted by Crippen LogP contribution is 2.49. The average Bonchev–Trinajstić information content (AvgIpc) is 2.88. The second kappa shape index (κ2) is 10.4. The number of phenols is 1. The van der Waals surface area contributed by atoms with E-state index in [0.29, 0.717) is 22.4 Å². The Kier molecular flexibility index (Phi) is 7.11. The van der Waals surface area contributed by atoms with Crippen molar-refractivity contribution in [3.8, 4) is 45.3 Å². The van der Waals surface area contributed by atoms with Crippen molar-refractivity contribution in [2.75, 3.05) is 33.2 Å². The van der Waals surface area contributed by atoms with Crippen LogP contribution in [0.15, 0.2) is 78.9 Å².